The van der Waals surface area contributed by atoms with Crippen LogP contribution in [0.25, 0.3) is 0 Å². The predicted molar refractivity (Wildman–Crippen MR) is 94.9 cm³/mol. The Hall–Kier alpha value is -3.14. The van der Waals surface area contributed by atoms with Crippen molar-refractivity contribution in [2.24, 2.45) is 0 Å². The molecule has 0 spiro atoms. The van der Waals surface area contributed by atoms with Gasteiger partial charge in [-0.1, -0.05) is 36.4 Å². The molecule has 4 nitrogen and oxygen atoms in total. The Morgan fingerprint density at radius 1 is 0.917 bits per heavy atom. The Morgan fingerprint density at radius 3 is 1.83 bits per heavy atom. The van der Waals surface area contributed by atoms with E-state index in [1.165, 1.54) is 20.1 Å². The molecule has 0 aromatic heterocycles. The molecule has 0 unspecified atom stereocenters. The van der Waals surface area contributed by atoms with E-state index < -0.39 is 5.97 Å². The number of anilines is 2. The van der Waals surface area contributed by atoms with Gasteiger partial charge in [-0.2, -0.15) is 0 Å². The van der Waals surface area contributed by atoms with Crippen LogP contribution in [0.3, 0.4) is 0 Å². The fourth-order valence-corrected chi connectivity index (χ4v) is 2.16. The van der Waals surface area contributed by atoms with Gasteiger partial charge in [0, 0.05) is 17.6 Å². The molecular formula is C20H19NO3. The van der Waals surface area contributed by atoms with E-state index in [-0.39, 0.29) is 11.4 Å². The van der Waals surface area contributed by atoms with Crippen LogP contribution in [0, 0.1) is 0 Å². The number of rotatable bonds is 6. The number of allylic oxidation sites excluding steroid dienone is 2. The standard InChI is InChI=1S/C20H19NO3/c1-16(22)19(20(23)24-2)14-9-15-21(17-10-5-3-6-11-17)18-12-7-4-8-13-18/h3-15H,1-2H3. The molecule has 4 heteroatoms. The van der Waals surface area contributed by atoms with E-state index in [1.807, 2.05) is 65.6 Å². The number of para-hydroxylation sites is 2. The van der Waals surface area contributed by atoms with Gasteiger partial charge in [0.05, 0.1) is 7.11 Å². The molecule has 2 rings (SSSR count). The zero-order chi connectivity index (χ0) is 17.4. The maximum Gasteiger partial charge on any atom is 0.341 e. The minimum Gasteiger partial charge on any atom is -0.465 e. The van der Waals surface area contributed by atoms with Crippen LogP contribution in [0.1, 0.15) is 6.92 Å². The van der Waals surface area contributed by atoms with Gasteiger partial charge in [-0.25, -0.2) is 4.79 Å². The van der Waals surface area contributed by atoms with Crippen molar-refractivity contribution in [3.8, 4) is 0 Å². The van der Waals surface area contributed by atoms with Crippen molar-refractivity contribution < 1.29 is 14.3 Å². The highest BCUT2D eigenvalue weighted by molar-refractivity contribution is 6.16. The molecule has 0 amide bonds. The lowest BCUT2D eigenvalue weighted by Gasteiger charge is -2.20. The van der Waals surface area contributed by atoms with Gasteiger partial charge < -0.3 is 9.64 Å². The lowest BCUT2D eigenvalue weighted by atomic mass is 10.1. The molecule has 0 saturated carbocycles. The van der Waals surface area contributed by atoms with Crippen molar-refractivity contribution in [1.82, 2.24) is 0 Å². The Morgan fingerprint density at radius 2 is 1.42 bits per heavy atom. The van der Waals surface area contributed by atoms with E-state index in [0.717, 1.165) is 11.4 Å². The summed E-state index contributed by atoms with van der Waals surface area (Å²) in [4.78, 5) is 25.1. The van der Waals surface area contributed by atoms with Crippen LogP contribution >= 0.6 is 0 Å². The number of carbonyl (C=O) groups excluding carboxylic acids is 2. The third-order valence-corrected chi connectivity index (χ3v) is 3.35. The summed E-state index contributed by atoms with van der Waals surface area (Å²) in [7, 11) is 1.25. The second-order valence-electron chi connectivity index (χ2n) is 5.01. The Bertz CT molecular complexity index is 709. The zero-order valence-electron chi connectivity index (χ0n) is 13.7. The number of ketones is 1. The van der Waals surface area contributed by atoms with Crippen LogP contribution < -0.4 is 4.90 Å². The zero-order valence-corrected chi connectivity index (χ0v) is 13.7. The summed E-state index contributed by atoms with van der Waals surface area (Å²) < 4.78 is 4.62. The number of Topliss-reactive ketones (excluding diaryl/α,β-unsaturated/α-hetero) is 1. The third kappa shape index (κ3) is 4.43. The Kier molecular flexibility index (Phi) is 6.08. The lowest BCUT2D eigenvalue weighted by Crippen LogP contribution is -2.11. The molecule has 0 aliphatic heterocycles. The fraction of sp³-hybridized carbons (Fsp3) is 0.100. The fourth-order valence-electron chi connectivity index (χ4n) is 2.16. The number of hydrogen-bond donors (Lipinski definition) is 0. The van der Waals surface area contributed by atoms with Crippen LogP contribution in [-0.2, 0) is 14.3 Å². The van der Waals surface area contributed by atoms with Crippen molar-refractivity contribution in [2.45, 2.75) is 6.92 Å². The second kappa shape index (κ2) is 8.48. The normalized spacial score (nSPS) is 11.3. The number of esters is 1. The van der Waals surface area contributed by atoms with Crippen molar-refractivity contribution in [2.75, 3.05) is 12.0 Å². The highest BCUT2D eigenvalue weighted by Gasteiger charge is 2.13. The molecule has 24 heavy (non-hydrogen) atoms. The molecule has 2 aromatic rings. The van der Waals surface area contributed by atoms with Crippen molar-refractivity contribution in [1.29, 1.82) is 0 Å². The molecule has 0 saturated heterocycles. The maximum atomic E-state index is 11.6. The maximum absolute atomic E-state index is 11.6. The van der Waals surface area contributed by atoms with Crippen LogP contribution in [0.2, 0.25) is 0 Å². The van der Waals surface area contributed by atoms with Crippen LogP contribution in [0.5, 0.6) is 0 Å². The first-order chi connectivity index (χ1) is 11.6. The third-order valence-electron chi connectivity index (χ3n) is 3.35. The van der Waals surface area contributed by atoms with E-state index >= 15 is 0 Å². The van der Waals surface area contributed by atoms with Gasteiger partial charge in [0.2, 0.25) is 0 Å². The number of methoxy groups -OCH3 is 1. The predicted octanol–water partition coefficient (Wildman–Crippen LogP) is 4.03. The number of ether oxygens (including phenoxy) is 1. The number of hydrogen-bond acceptors (Lipinski definition) is 4. The van der Waals surface area contributed by atoms with E-state index in [4.69, 9.17) is 0 Å². The largest absolute Gasteiger partial charge is 0.465 e. The first-order valence-electron chi connectivity index (χ1n) is 7.50. The Labute approximate surface area is 141 Å². The second-order valence-corrected chi connectivity index (χ2v) is 5.01. The van der Waals surface area contributed by atoms with Crippen LogP contribution in [0.4, 0.5) is 11.4 Å². The number of nitrogens with zero attached hydrogens (tertiary/aromatic N) is 1. The van der Waals surface area contributed by atoms with Crippen LogP contribution in [-0.4, -0.2) is 18.9 Å². The van der Waals surface area contributed by atoms with E-state index in [2.05, 4.69) is 4.74 Å². The molecule has 122 valence electrons. The number of carbonyl (C=O) groups is 2. The molecule has 0 aliphatic rings. The van der Waals surface area contributed by atoms with E-state index in [1.54, 1.807) is 12.3 Å². The molecule has 0 fully saturated rings. The van der Waals surface area contributed by atoms with Crippen molar-refractivity contribution in [3.63, 3.8) is 0 Å². The highest BCUT2D eigenvalue weighted by atomic mass is 16.5. The summed E-state index contributed by atoms with van der Waals surface area (Å²) in [6, 6.07) is 19.6. The Balaban J connectivity index is 2.35. The average Bonchev–Trinajstić information content (AvgIpc) is 2.62. The smallest absolute Gasteiger partial charge is 0.341 e. The molecule has 0 atom stereocenters. The summed E-state index contributed by atoms with van der Waals surface area (Å²) in [6.45, 7) is 1.34. The first kappa shape index (κ1) is 17.2. The minimum atomic E-state index is -0.641. The monoisotopic (exact) mass is 321 g/mol. The van der Waals surface area contributed by atoms with Gasteiger partial charge >= 0.3 is 5.97 Å². The van der Waals surface area contributed by atoms with Crippen molar-refractivity contribution in [3.05, 3.63) is 84.6 Å². The van der Waals surface area contributed by atoms with Gasteiger partial charge in [-0.3, -0.25) is 4.79 Å². The molecule has 0 aliphatic carbocycles. The van der Waals surface area contributed by atoms with Gasteiger partial charge in [0.15, 0.2) is 5.78 Å². The summed E-state index contributed by atoms with van der Waals surface area (Å²) in [5.41, 5.74) is 1.95. The van der Waals surface area contributed by atoms with Gasteiger partial charge in [-0.05, 0) is 43.3 Å². The molecule has 0 bridgehead atoms. The quantitative estimate of drug-likeness (QED) is 0.265. The topological polar surface area (TPSA) is 46.6 Å². The summed E-state index contributed by atoms with van der Waals surface area (Å²) in [5, 5.41) is 0. The molecule has 0 radical (unpaired) electrons. The average molecular weight is 321 g/mol. The first-order valence-corrected chi connectivity index (χ1v) is 7.50. The van der Waals surface area contributed by atoms with E-state index in [9.17, 15) is 9.59 Å². The van der Waals surface area contributed by atoms with Crippen molar-refractivity contribution >= 4 is 23.1 Å². The van der Waals surface area contributed by atoms with Gasteiger partial charge in [-0.15, -0.1) is 0 Å². The van der Waals surface area contributed by atoms with Crippen LogP contribution in [0.15, 0.2) is 84.6 Å². The van der Waals surface area contributed by atoms with Gasteiger partial charge in [0.25, 0.3) is 0 Å². The summed E-state index contributed by atoms with van der Waals surface area (Å²) in [6.07, 6.45) is 4.93. The molecular weight excluding hydrogens is 302 g/mol. The van der Waals surface area contributed by atoms with E-state index in [0.29, 0.717) is 0 Å². The SMILES string of the molecule is COC(=O)C(=CC=CN(c1ccccc1)c1ccccc1)C(C)=O. The minimum absolute atomic E-state index is 0.00910. The molecule has 2 aromatic carbocycles. The summed E-state index contributed by atoms with van der Waals surface area (Å²) in [5.74, 6) is -0.976. The summed E-state index contributed by atoms with van der Waals surface area (Å²) >= 11 is 0. The highest BCUT2D eigenvalue weighted by Crippen LogP contribution is 2.25. The molecule has 0 heterocycles. The van der Waals surface area contributed by atoms with Gasteiger partial charge in [0.1, 0.15) is 5.57 Å². The number of benzene rings is 2. The lowest BCUT2D eigenvalue weighted by molar-refractivity contribution is -0.137. The molecule has 0 N–H and O–H groups in total.